The van der Waals surface area contributed by atoms with Gasteiger partial charge in [0.25, 0.3) is 0 Å². The molecule has 112 valence electrons. The van der Waals surface area contributed by atoms with Crippen molar-refractivity contribution in [3.8, 4) is 5.75 Å². The van der Waals surface area contributed by atoms with Gasteiger partial charge in [0.1, 0.15) is 12.4 Å². The fourth-order valence-corrected chi connectivity index (χ4v) is 2.16. The largest absolute Gasteiger partial charge is 0.487 e. The molecule has 0 aliphatic rings. The quantitative estimate of drug-likeness (QED) is 0.777. The topological polar surface area (TPSA) is 68.1 Å². The number of rotatable bonds is 4. The van der Waals surface area contributed by atoms with E-state index in [1.807, 2.05) is 0 Å². The van der Waals surface area contributed by atoms with Gasteiger partial charge in [0.15, 0.2) is 11.6 Å². The fraction of sp³-hybridized carbons (Fsp3) is 0.0625. The first-order chi connectivity index (χ1) is 10.5. The van der Waals surface area contributed by atoms with E-state index < -0.39 is 17.5 Å². The molecule has 0 aliphatic heterocycles. The molecule has 0 saturated heterocycles. The Bertz CT molecular complexity index is 819. The average molecular weight is 302 g/mol. The van der Waals surface area contributed by atoms with Crippen LogP contribution in [0.4, 0.5) is 8.78 Å². The van der Waals surface area contributed by atoms with Crippen LogP contribution in [0.15, 0.2) is 42.5 Å². The number of hydrogen-bond acceptors (Lipinski definition) is 2. The molecule has 22 heavy (non-hydrogen) atoms. The lowest BCUT2D eigenvalue weighted by atomic mass is 10.2. The third-order valence-corrected chi connectivity index (χ3v) is 3.23. The number of carbonyl (C=O) groups is 1. The van der Waals surface area contributed by atoms with Gasteiger partial charge in [-0.3, -0.25) is 4.79 Å². The number of ether oxygens (including phenoxy) is 1. The smallest absolute Gasteiger partial charge is 0.248 e. The van der Waals surface area contributed by atoms with E-state index in [9.17, 15) is 13.6 Å². The van der Waals surface area contributed by atoms with Gasteiger partial charge in [-0.05, 0) is 30.3 Å². The summed E-state index contributed by atoms with van der Waals surface area (Å²) >= 11 is 0. The molecule has 0 bridgehead atoms. The van der Waals surface area contributed by atoms with Crippen LogP contribution in [0.25, 0.3) is 10.9 Å². The molecule has 3 aromatic rings. The molecule has 3 rings (SSSR count). The Labute approximate surface area is 124 Å². The number of benzene rings is 2. The molecule has 2 aromatic carbocycles. The molecule has 1 amide bonds. The normalized spacial score (nSPS) is 10.8. The monoisotopic (exact) mass is 302 g/mol. The van der Waals surface area contributed by atoms with Gasteiger partial charge >= 0.3 is 0 Å². The first-order valence-corrected chi connectivity index (χ1v) is 6.52. The standard InChI is InChI=1S/C16H12F2N2O2/c17-13-6-10-4-11(20-15(10)7-14(13)18)8-22-12-3-1-2-9(5-12)16(19)21/h1-7,20H,8H2,(H2,19,21). The molecule has 0 atom stereocenters. The highest BCUT2D eigenvalue weighted by Crippen LogP contribution is 2.21. The number of aromatic nitrogens is 1. The summed E-state index contributed by atoms with van der Waals surface area (Å²) in [7, 11) is 0. The molecular formula is C16H12F2N2O2. The van der Waals surface area contributed by atoms with E-state index in [-0.39, 0.29) is 6.61 Å². The maximum Gasteiger partial charge on any atom is 0.248 e. The molecule has 0 fully saturated rings. The van der Waals surface area contributed by atoms with Crippen LogP contribution in [-0.2, 0) is 6.61 Å². The summed E-state index contributed by atoms with van der Waals surface area (Å²) in [5.41, 5.74) is 6.69. The minimum atomic E-state index is -0.907. The zero-order valence-corrected chi connectivity index (χ0v) is 11.4. The number of amides is 1. The van der Waals surface area contributed by atoms with Gasteiger partial charge < -0.3 is 15.5 Å². The van der Waals surface area contributed by atoms with Gasteiger partial charge in [0.2, 0.25) is 5.91 Å². The first kappa shape index (κ1) is 14.1. The molecule has 1 aromatic heterocycles. The predicted octanol–water partition coefficient (Wildman–Crippen LogP) is 3.12. The van der Waals surface area contributed by atoms with E-state index in [0.717, 1.165) is 12.1 Å². The second-order valence-electron chi connectivity index (χ2n) is 4.83. The zero-order valence-electron chi connectivity index (χ0n) is 11.4. The summed E-state index contributed by atoms with van der Waals surface area (Å²) in [5, 5.41) is 0.559. The fourth-order valence-electron chi connectivity index (χ4n) is 2.16. The van der Waals surface area contributed by atoms with Crippen LogP contribution in [0, 0.1) is 11.6 Å². The van der Waals surface area contributed by atoms with E-state index >= 15 is 0 Å². The van der Waals surface area contributed by atoms with Gasteiger partial charge in [0, 0.05) is 22.5 Å². The third-order valence-electron chi connectivity index (χ3n) is 3.23. The van der Waals surface area contributed by atoms with E-state index in [0.29, 0.717) is 27.9 Å². The second-order valence-corrected chi connectivity index (χ2v) is 4.83. The molecule has 1 heterocycles. The number of H-pyrrole nitrogens is 1. The Morgan fingerprint density at radius 3 is 2.68 bits per heavy atom. The third kappa shape index (κ3) is 2.76. The highest BCUT2D eigenvalue weighted by atomic mass is 19.2. The number of carbonyl (C=O) groups excluding carboxylic acids is 1. The molecule has 4 nitrogen and oxygen atoms in total. The molecule has 3 N–H and O–H groups in total. The number of nitrogens with one attached hydrogen (secondary N) is 1. The summed E-state index contributed by atoms with van der Waals surface area (Å²) in [6.07, 6.45) is 0. The van der Waals surface area contributed by atoms with Gasteiger partial charge in [-0.25, -0.2) is 8.78 Å². The van der Waals surface area contributed by atoms with Crippen LogP contribution < -0.4 is 10.5 Å². The van der Waals surface area contributed by atoms with Crippen molar-refractivity contribution in [3.05, 3.63) is 65.4 Å². The summed E-state index contributed by atoms with van der Waals surface area (Å²) in [6.45, 7) is 0.167. The molecule has 0 radical (unpaired) electrons. The van der Waals surface area contributed by atoms with Gasteiger partial charge in [-0.2, -0.15) is 0 Å². The second kappa shape index (κ2) is 5.48. The summed E-state index contributed by atoms with van der Waals surface area (Å²) in [4.78, 5) is 14.0. The van der Waals surface area contributed by atoms with Crippen LogP contribution in [0.5, 0.6) is 5.75 Å². The number of hydrogen-bond donors (Lipinski definition) is 2. The van der Waals surface area contributed by atoms with Crippen molar-refractivity contribution in [3.63, 3.8) is 0 Å². The van der Waals surface area contributed by atoms with Gasteiger partial charge in [-0.1, -0.05) is 6.07 Å². The van der Waals surface area contributed by atoms with Crippen molar-refractivity contribution >= 4 is 16.8 Å². The van der Waals surface area contributed by atoms with Crippen molar-refractivity contribution in [2.75, 3.05) is 0 Å². The highest BCUT2D eigenvalue weighted by Gasteiger charge is 2.08. The minimum Gasteiger partial charge on any atom is -0.487 e. The molecule has 6 heteroatoms. The number of primary amides is 1. The van der Waals surface area contributed by atoms with E-state index in [1.54, 1.807) is 24.3 Å². The highest BCUT2D eigenvalue weighted by molar-refractivity contribution is 5.93. The van der Waals surface area contributed by atoms with Crippen molar-refractivity contribution < 1.29 is 18.3 Å². The van der Waals surface area contributed by atoms with Crippen LogP contribution in [0.1, 0.15) is 16.1 Å². The number of fused-ring (bicyclic) bond motifs is 1. The number of aromatic amines is 1. The Kier molecular flexibility index (Phi) is 3.50. The zero-order chi connectivity index (χ0) is 15.7. The van der Waals surface area contributed by atoms with E-state index in [1.165, 1.54) is 6.07 Å². The number of nitrogens with two attached hydrogens (primary N) is 1. The summed E-state index contributed by atoms with van der Waals surface area (Å²) < 4.78 is 31.9. The van der Waals surface area contributed by atoms with Crippen molar-refractivity contribution in [1.29, 1.82) is 0 Å². The maximum absolute atomic E-state index is 13.2. The minimum absolute atomic E-state index is 0.167. The molecule has 0 aliphatic carbocycles. The predicted molar refractivity (Wildman–Crippen MR) is 77.5 cm³/mol. The lowest BCUT2D eigenvalue weighted by molar-refractivity contribution is 0.1000. The SMILES string of the molecule is NC(=O)c1cccc(OCc2cc3cc(F)c(F)cc3[nH]2)c1. The van der Waals surface area contributed by atoms with Crippen molar-refractivity contribution in [2.45, 2.75) is 6.61 Å². The molecule has 0 saturated carbocycles. The molecule has 0 unspecified atom stereocenters. The summed E-state index contributed by atoms with van der Waals surface area (Å²) in [5.74, 6) is -1.86. The lowest BCUT2D eigenvalue weighted by Gasteiger charge is -2.05. The molecular weight excluding hydrogens is 290 g/mol. The van der Waals surface area contributed by atoms with Crippen molar-refractivity contribution in [1.82, 2.24) is 4.98 Å². The van der Waals surface area contributed by atoms with Gasteiger partial charge in [-0.15, -0.1) is 0 Å². The van der Waals surface area contributed by atoms with Gasteiger partial charge in [0.05, 0.1) is 5.69 Å². The summed E-state index contributed by atoms with van der Waals surface area (Å²) in [6, 6.07) is 10.4. The lowest BCUT2D eigenvalue weighted by Crippen LogP contribution is -2.10. The Morgan fingerprint density at radius 2 is 1.91 bits per heavy atom. The Balaban J connectivity index is 1.79. The van der Waals surface area contributed by atoms with Crippen LogP contribution in [0.2, 0.25) is 0 Å². The van der Waals surface area contributed by atoms with E-state index in [4.69, 9.17) is 10.5 Å². The van der Waals surface area contributed by atoms with Crippen LogP contribution in [-0.4, -0.2) is 10.9 Å². The van der Waals surface area contributed by atoms with Crippen LogP contribution in [0.3, 0.4) is 0 Å². The first-order valence-electron chi connectivity index (χ1n) is 6.52. The number of halogens is 2. The van der Waals surface area contributed by atoms with E-state index in [2.05, 4.69) is 4.98 Å². The maximum atomic E-state index is 13.2. The average Bonchev–Trinajstić information content (AvgIpc) is 2.87. The Hall–Kier alpha value is -2.89. The van der Waals surface area contributed by atoms with Crippen molar-refractivity contribution in [2.24, 2.45) is 5.73 Å². The molecule has 0 spiro atoms. The van der Waals surface area contributed by atoms with Crippen LogP contribution >= 0.6 is 0 Å². The Morgan fingerprint density at radius 1 is 1.14 bits per heavy atom.